The maximum absolute atomic E-state index is 12.9. The van der Waals surface area contributed by atoms with Crippen LogP contribution in [0.15, 0.2) is 97.2 Å². The molecule has 0 aliphatic rings. The van der Waals surface area contributed by atoms with Gasteiger partial charge in [0.05, 0.1) is 27.7 Å². The Balaban J connectivity index is 3.98. The molecule has 0 aromatic rings. The number of nitrogens with zero attached hydrogens (tertiary/aromatic N) is 1. The van der Waals surface area contributed by atoms with Gasteiger partial charge < -0.3 is 18.9 Å². The summed E-state index contributed by atoms with van der Waals surface area (Å²) >= 11 is 0. The van der Waals surface area contributed by atoms with Crippen molar-refractivity contribution in [1.29, 1.82) is 0 Å². The van der Waals surface area contributed by atoms with E-state index in [1.165, 1.54) is 238 Å². The Hall–Kier alpha value is -3.07. The summed E-state index contributed by atoms with van der Waals surface area (Å²) in [5.74, 6) is -0.784. The van der Waals surface area contributed by atoms with Gasteiger partial charge >= 0.3 is 19.8 Å². The monoisotopic (exact) mass is 1280 g/mol. The molecule has 1 N–H and O–H groups in total. The summed E-state index contributed by atoms with van der Waals surface area (Å²) in [5.41, 5.74) is 0. The molecule has 0 amide bonds. The van der Waals surface area contributed by atoms with Crippen LogP contribution in [0.4, 0.5) is 0 Å². The lowest BCUT2D eigenvalue weighted by Crippen LogP contribution is -2.37. The van der Waals surface area contributed by atoms with Crippen LogP contribution in [0.1, 0.15) is 348 Å². The van der Waals surface area contributed by atoms with Crippen molar-refractivity contribution < 1.29 is 42.1 Å². The summed E-state index contributed by atoms with van der Waals surface area (Å²) < 4.78 is 34.8. The number of phosphoric ester groups is 1. The minimum Gasteiger partial charge on any atom is -0.462 e. The number of hydrogen-bond acceptors (Lipinski definition) is 7. The molecule has 9 nitrogen and oxygen atoms in total. The molecular weight excluding hydrogens is 1130 g/mol. The summed E-state index contributed by atoms with van der Waals surface area (Å²) in [6.07, 6.45) is 98.2. The molecule has 0 aromatic heterocycles. The minimum absolute atomic E-state index is 0.0308. The predicted molar refractivity (Wildman–Crippen MR) is 390 cm³/mol. The number of carbonyl (C=O) groups is 2. The highest BCUT2D eigenvalue weighted by Gasteiger charge is 2.27. The molecule has 0 heterocycles. The van der Waals surface area contributed by atoms with Crippen molar-refractivity contribution in [3.63, 3.8) is 0 Å². The zero-order valence-corrected chi connectivity index (χ0v) is 60.5. The Kier molecular flexibility index (Phi) is 67.9. The lowest BCUT2D eigenvalue weighted by atomic mass is 10.0. The molecule has 0 saturated heterocycles. The highest BCUT2D eigenvalue weighted by molar-refractivity contribution is 7.47. The standard InChI is InChI=1S/C80H144NO8P/c1-6-8-10-12-14-16-18-20-22-24-26-28-30-32-34-36-38-40-42-44-46-48-50-52-54-56-58-60-62-64-66-68-70-72-79(82)86-76-78(77-88-90(84,85)87-75-74-81(3,4)5)89-80(83)73-71-69-67-65-63-61-59-57-55-53-51-49-47-45-43-41-39-37-35-33-31-29-27-25-23-21-19-17-15-13-11-9-7-2/h9,11,15,17-18,20-21,23-24,26-27,29-30,32-33,35,78H,6-8,10,12-14,16,19,22,25,28,31,34,36-77H2,1-5H3/p+1/b11-9-,17-15-,20-18-,23-21-,26-24-,29-27-,32-30-,35-33-. The highest BCUT2D eigenvalue weighted by Crippen LogP contribution is 2.43. The van der Waals surface area contributed by atoms with E-state index < -0.39 is 26.5 Å². The molecule has 2 unspecified atom stereocenters. The normalized spacial score (nSPS) is 13.6. The van der Waals surface area contributed by atoms with E-state index in [1.54, 1.807) is 0 Å². The molecule has 522 valence electrons. The summed E-state index contributed by atoms with van der Waals surface area (Å²) in [4.78, 5) is 36.0. The summed E-state index contributed by atoms with van der Waals surface area (Å²) in [6.45, 7) is 4.35. The fraction of sp³-hybridized carbons (Fsp3) is 0.775. The number of esters is 2. The molecule has 0 fully saturated rings. The van der Waals surface area contributed by atoms with Crippen molar-refractivity contribution in [3.8, 4) is 0 Å². The van der Waals surface area contributed by atoms with E-state index in [0.717, 1.165) is 77.0 Å². The van der Waals surface area contributed by atoms with Gasteiger partial charge in [0.15, 0.2) is 6.10 Å². The van der Waals surface area contributed by atoms with Crippen LogP contribution in [0.25, 0.3) is 0 Å². The predicted octanol–water partition coefficient (Wildman–Crippen LogP) is 25.1. The number of phosphoric acid groups is 1. The number of ether oxygens (including phenoxy) is 2. The summed E-state index contributed by atoms with van der Waals surface area (Å²) in [5, 5.41) is 0. The number of hydrogen-bond donors (Lipinski definition) is 1. The van der Waals surface area contributed by atoms with Gasteiger partial charge in [-0.2, -0.15) is 0 Å². The molecule has 10 heteroatoms. The van der Waals surface area contributed by atoms with Crippen LogP contribution in [0.5, 0.6) is 0 Å². The van der Waals surface area contributed by atoms with Crippen LogP contribution >= 0.6 is 7.82 Å². The Morgan fingerprint density at radius 2 is 0.633 bits per heavy atom. The molecule has 0 aliphatic heterocycles. The topological polar surface area (TPSA) is 108 Å². The van der Waals surface area contributed by atoms with E-state index >= 15 is 0 Å². The molecular formula is C80H145NO8P+. The Morgan fingerprint density at radius 1 is 0.356 bits per heavy atom. The first-order valence-electron chi connectivity index (χ1n) is 38.0. The van der Waals surface area contributed by atoms with Crippen LogP contribution in [-0.2, 0) is 32.7 Å². The SMILES string of the molecule is CC/C=C\C/C=C\C/C=C\C/C=C\C/C=C\CCCCCCCCCCCCCCCCCCCC(=O)OC(COC(=O)CCCCCCCCCCCCCCCCCCCC/C=C\C/C=C\C/C=C\CCCCCCC)COP(=O)(O)OCC[N+](C)(C)C. The smallest absolute Gasteiger partial charge is 0.462 e. The van der Waals surface area contributed by atoms with E-state index in [9.17, 15) is 19.0 Å². The molecule has 0 aromatic carbocycles. The van der Waals surface area contributed by atoms with Gasteiger partial charge in [-0.25, -0.2) is 4.57 Å². The van der Waals surface area contributed by atoms with E-state index in [0.29, 0.717) is 17.4 Å². The third kappa shape index (κ3) is 74.0. The van der Waals surface area contributed by atoms with Gasteiger partial charge in [-0.05, 0) is 96.3 Å². The van der Waals surface area contributed by atoms with Crippen LogP contribution in [-0.4, -0.2) is 74.9 Å². The number of allylic oxidation sites excluding steroid dienone is 16. The number of carbonyl (C=O) groups excluding carboxylic acids is 2. The third-order valence-electron chi connectivity index (χ3n) is 16.6. The Morgan fingerprint density at radius 3 is 0.944 bits per heavy atom. The van der Waals surface area contributed by atoms with Crippen LogP contribution in [0.3, 0.4) is 0 Å². The van der Waals surface area contributed by atoms with Gasteiger partial charge in [0.1, 0.15) is 19.8 Å². The average molecular weight is 1280 g/mol. The number of rotatable bonds is 70. The Bertz CT molecular complexity index is 1840. The zero-order chi connectivity index (χ0) is 65.5. The second-order valence-electron chi connectivity index (χ2n) is 26.7. The first-order chi connectivity index (χ1) is 44.0. The fourth-order valence-corrected chi connectivity index (χ4v) is 11.6. The van der Waals surface area contributed by atoms with Gasteiger partial charge in [0.25, 0.3) is 0 Å². The molecule has 0 radical (unpaired) electrons. The lowest BCUT2D eigenvalue weighted by Gasteiger charge is -2.24. The minimum atomic E-state index is -4.40. The first kappa shape index (κ1) is 86.9. The number of unbranched alkanes of at least 4 members (excludes halogenated alkanes) is 40. The highest BCUT2D eigenvalue weighted by atomic mass is 31.2. The lowest BCUT2D eigenvalue weighted by molar-refractivity contribution is -0.870. The molecule has 2 atom stereocenters. The largest absolute Gasteiger partial charge is 0.472 e. The third-order valence-corrected chi connectivity index (χ3v) is 17.6. The van der Waals surface area contributed by atoms with Crippen LogP contribution in [0, 0.1) is 0 Å². The van der Waals surface area contributed by atoms with E-state index in [4.69, 9.17) is 18.5 Å². The van der Waals surface area contributed by atoms with Crippen molar-refractivity contribution in [3.05, 3.63) is 97.2 Å². The van der Waals surface area contributed by atoms with Crippen LogP contribution in [0.2, 0.25) is 0 Å². The maximum Gasteiger partial charge on any atom is 0.472 e. The van der Waals surface area contributed by atoms with Gasteiger partial charge in [0, 0.05) is 12.8 Å². The van der Waals surface area contributed by atoms with Gasteiger partial charge in [-0.15, -0.1) is 0 Å². The average Bonchev–Trinajstić information content (AvgIpc) is 3.58. The number of likely N-dealkylation sites (N-methyl/N-ethyl adjacent to an activating group) is 1. The summed E-state index contributed by atoms with van der Waals surface area (Å²) in [6, 6.07) is 0. The molecule has 0 bridgehead atoms. The van der Waals surface area contributed by atoms with Gasteiger partial charge in [-0.1, -0.05) is 336 Å². The van der Waals surface area contributed by atoms with Crippen LogP contribution < -0.4 is 0 Å². The van der Waals surface area contributed by atoms with Gasteiger partial charge in [0.2, 0.25) is 0 Å². The molecule has 0 spiro atoms. The molecule has 0 aliphatic carbocycles. The zero-order valence-electron chi connectivity index (χ0n) is 59.6. The van der Waals surface area contributed by atoms with Crippen molar-refractivity contribution in [2.24, 2.45) is 0 Å². The maximum atomic E-state index is 12.9. The first-order valence-corrected chi connectivity index (χ1v) is 39.5. The molecule has 0 saturated carbocycles. The summed E-state index contributed by atoms with van der Waals surface area (Å²) in [7, 11) is 1.49. The van der Waals surface area contributed by atoms with Crippen molar-refractivity contribution >= 4 is 19.8 Å². The number of quaternary nitrogens is 1. The van der Waals surface area contributed by atoms with Crippen molar-refractivity contribution in [1.82, 2.24) is 0 Å². The van der Waals surface area contributed by atoms with E-state index in [2.05, 4.69) is 111 Å². The Labute approximate surface area is 557 Å². The second kappa shape index (κ2) is 70.3. The molecule has 0 rings (SSSR count). The second-order valence-corrected chi connectivity index (χ2v) is 28.1. The fourth-order valence-electron chi connectivity index (χ4n) is 10.8. The quantitative estimate of drug-likeness (QED) is 0.0211. The van der Waals surface area contributed by atoms with Crippen molar-refractivity contribution in [2.45, 2.75) is 354 Å². The van der Waals surface area contributed by atoms with Gasteiger partial charge in [-0.3, -0.25) is 18.6 Å². The molecule has 90 heavy (non-hydrogen) atoms. The van der Waals surface area contributed by atoms with E-state index in [-0.39, 0.29) is 32.0 Å². The van der Waals surface area contributed by atoms with Crippen molar-refractivity contribution in [2.75, 3.05) is 47.5 Å². The van der Waals surface area contributed by atoms with E-state index in [1.807, 2.05) is 21.1 Å².